The number of carbonyl (C=O) groups excluding carboxylic acids is 1. The van der Waals surface area contributed by atoms with Gasteiger partial charge in [0.15, 0.2) is 11.5 Å². The van der Waals surface area contributed by atoms with Crippen LogP contribution in [0.3, 0.4) is 0 Å². The topological polar surface area (TPSA) is 90.3 Å². The molecule has 1 amide bonds. The summed E-state index contributed by atoms with van der Waals surface area (Å²) in [6, 6.07) is 19.5. The third-order valence-electron chi connectivity index (χ3n) is 6.88. The fourth-order valence-corrected chi connectivity index (χ4v) is 5.68. The molecule has 9 heteroatoms. The zero-order valence-corrected chi connectivity index (χ0v) is 24.3. The Labute approximate surface area is 238 Å². The molecule has 0 unspecified atom stereocenters. The van der Waals surface area contributed by atoms with Crippen molar-refractivity contribution in [2.45, 2.75) is 44.6 Å². The van der Waals surface area contributed by atoms with Crippen LogP contribution in [0.5, 0.6) is 11.5 Å². The minimum absolute atomic E-state index is 0.216. The average Bonchev–Trinajstić information content (AvgIpc) is 3.34. The summed E-state index contributed by atoms with van der Waals surface area (Å²) in [5, 5.41) is 11.9. The number of thioether (sulfide) groups is 1. The Morgan fingerprint density at radius 3 is 2.48 bits per heavy atom. The average molecular weight is 556 g/mol. The van der Waals surface area contributed by atoms with Crippen LogP contribution in [-0.2, 0) is 10.5 Å². The lowest BCUT2D eigenvalue weighted by Gasteiger charge is -2.29. The van der Waals surface area contributed by atoms with Crippen molar-refractivity contribution in [3.63, 3.8) is 0 Å². The highest BCUT2D eigenvalue weighted by atomic mass is 32.2. The molecule has 40 heavy (non-hydrogen) atoms. The molecule has 0 bridgehead atoms. The zero-order valence-electron chi connectivity index (χ0n) is 23.5. The van der Waals surface area contributed by atoms with E-state index in [-0.39, 0.29) is 5.91 Å². The molecule has 0 aliphatic carbocycles. The smallest absolute Gasteiger partial charge is 0.255 e. The first-order valence-electron chi connectivity index (χ1n) is 13.0. The van der Waals surface area contributed by atoms with E-state index in [4.69, 9.17) is 19.6 Å². The van der Waals surface area contributed by atoms with Crippen molar-refractivity contribution in [3.8, 4) is 11.5 Å². The van der Waals surface area contributed by atoms with Crippen molar-refractivity contribution in [1.29, 1.82) is 0 Å². The molecule has 0 saturated carbocycles. The van der Waals surface area contributed by atoms with Gasteiger partial charge in [0.1, 0.15) is 6.04 Å². The van der Waals surface area contributed by atoms with Gasteiger partial charge in [-0.15, -0.1) is 5.10 Å². The predicted molar refractivity (Wildman–Crippen MR) is 159 cm³/mol. The first-order valence-corrected chi connectivity index (χ1v) is 14.0. The van der Waals surface area contributed by atoms with Crippen LogP contribution >= 0.6 is 11.8 Å². The Hall–Kier alpha value is -4.24. The lowest BCUT2D eigenvalue weighted by atomic mass is 9.94. The number of aryl methyl sites for hydroxylation is 3. The molecular formula is C31H33N5O3S. The third-order valence-corrected chi connectivity index (χ3v) is 7.79. The molecule has 1 aliphatic heterocycles. The number of allylic oxidation sites excluding steroid dienone is 1. The quantitative estimate of drug-likeness (QED) is 0.242. The van der Waals surface area contributed by atoms with Gasteiger partial charge in [-0.3, -0.25) is 4.79 Å². The van der Waals surface area contributed by atoms with E-state index in [9.17, 15) is 4.79 Å². The van der Waals surface area contributed by atoms with Crippen molar-refractivity contribution >= 4 is 29.3 Å². The van der Waals surface area contributed by atoms with Gasteiger partial charge >= 0.3 is 0 Å². The second-order valence-electron chi connectivity index (χ2n) is 9.89. The molecule has 0 spiro atoms. The molecule has 5 rings (SSSR count). The predicted octanol–water partition coefficient (Wildman–Crippen LogP) is 6.44. The summed E-state index contributed by atoms with van der Waals surface area (Å²) in [5.74, 6) is 2.27. The first-order chi connectivity index (χ1) is 19.3. The monoisotopic (exact) mass is 555 g/mol. The highest BCUT2D eigenvalue weighted by Crippen LogP contribution is 2.40. The number of fused-ring (bicyclic) bond motifs is 1. The Morgan fingerprint density at radius 2 is 1.75 bits per heavy atom. The molecule has 2 heterocycles. The maximum Gasteiger partial charge on any atom is 0.255 e. The van der Waals surface area contributed by atoms with Crippen LogP contribution in [0.15, 0.2) is 77.1 Å². The number of carbonyl (C=O) groups is 1. The standard InChI is InChI=1S/C31H33N5O3S/c1-18-8-7-9-22(15-18)17-40-31-34-30-32-21(4)27(29(37)33-24-12-10-19(2)14-20(24)3)28(36(30)35-31)23-11-13-25(38-5)26(16-23)39-6/h7-16,28H,17H2,1-6H3,(H,33,37)(H,32,34,35)/t28-/m1/s1. The number of benzene rings is 3. The van der Waals surface area contributed by atoms with Crippen LogP contribution in [-0.4, -0.2) is 34.9 Å². The molecule has 3 aromatic carbocycles. The highest BCUT2D eigenvalue weighted by Gasteiger charge is 2.35. The van der Waals surface area contributed by atoms with Crippen LogP contribution in [0.2, 0.25) is 0 Å². The Kier molecular flexibility index (Phi) is 7.84. The van der Waals surface area contributed by atoms with Gasteiger partial charge in [-0.1, -0.05) is 65.4 Å². The number of rotatable bonds is 8. The number of hydrogen-bond donors (Lipinski definition) is 2. The molecule has 2 N–H and O–H groups in total. The summed E-state index contributed by atoms with van der Waals surface area (Å²) in [7, 11) is 3.20. The highest BCUT2D eigenvalue weighted by molar-refractivity contribution is 7.98. The second-order valence-corrected chi connectivity index (χ2v) is 10.8. The molecule has 1 aliphatic rings. The molecule has 0 radical (unpaired) electrons. The summed E-state index contributed by atoms with van der Waals surface area (Å²) in [6.07, 6.45) is 0. The molecule has 4 aromatic rings. The van der Waals surface area contributed by atoms with E-state index in [2.05, 4.69) is 47.9 Å². The minimum atomic E-state index is -0.539. The summed E-state index contributed by atoms with van der Waals surface area (Å²) in [6.45, 7) is 7.99. The number of nitrogens with one attached hydrogen (secondary N) is 2. The van der Waals surface area contributed by atoms with Gasteiger partial charge in [0.2, 0.25) is 11.1 Å². The minimum Gasteiger partial charge on any atom is -0.493 e. The van der Waals surface area contributed by atoms with Crippen LogP contribution in [0, 0.1) is 20.8 Å². The van der Waals surface area contributed by atoms with E-state index in [0.717, 1.165) is 28.1 Å². The van der Waals surface area contributed by atoms with E-state index in [0.29, 0.717) is 33.9 Å². The fraction of sp³-hybridized carbons (Fsp3) is 0.258. The normalized spacial score (nSPS) is 14.4. The molecule has 8 nitrogen and oxygen atoms in total. The zero-order chi connectivity index (χ0) is 28.4. The van der Waals surface area contributed by atoms with Crippen LogP contribution in [0.25, 0.3) is 0 Å². The SMILES string of the molecule is COc1ccc([C@@H]2C(C(=O)Nc3ccc(C)cc3C)=C(C)Nc3nc(SCc4cccc(C)c4)nn32)cc1OC. The number of ether oxygens (including phenoxy) is 2. The van der Waals surface area contributed by atoms with Crippen molar-refractivity contribution < 1.29 is 14.3 Å². The van der Waals surface area contributed by atoms with Crippen LogP contribution < -0.4 is 20.1 Å². The molecule has 1 atom stereocenters. The van der Waals surface area contributed by atoms with Gasteiger partial charge in [0.05, 0.1) is 19.8 Å². The number of anilines is 2. The molecule has 0 fully saturated rings. The fourth-order valence-electron chi connectivity index (χ4n) is 4.91. The first kappa shape index (κ1) is 27.3. The van der Waals surface area contributed by atoms with Crippen molar-refractivity contribution in [3.05, 3.63) is 99.8 Å². The Balaban J connectivity index is 1.53. The van der Waals surface area contributed by atoms with Crippen LogP contribution in [0.1, 0.15) is 40.8 Å². The lowest BCUT2D eigenvalue weighted by molar-refractivity contribution is -0.113. The summed E-state index contributed by atoms with van der Waals surface area (Å²) >= 11 is 1.56. The summed E-state index contributed by atoms with van der Waals surface area (Å²) < 4.78 is 12.8. The van der Waals surface area contributed by atoms with Crippen molar-refractivity contribution in [2.24, 2.45) is 0 Å². The Bertz CT molecular complexity index is 1610. The second kappa shape index (κ2) is 11.5. The number of aromatic nitrogens is 3. The lowest BCUT2D eigenvalue weighted by Crippen LogP contribution is -2.31. The summed E-state index contributed by atoms with van der Waals surface area (Å²) in [5.41, 5.74) is 7.38. The van der Waals surface area contributed by atoms with E-state index >= 15 is 0 Å². The number of methoxy groups -OCH3 is 2. The van der Waals surface area contributed by atoms with E-state index in [1.54, 1.807) is 30.7 Å². The molecule has 0 saturated heterocycles. The number of amides is 1. The maximum atomic E-state index is 13.9. The Morgan fingerprint density at radius 1 is 0.975 bits per heavy atom. The maximum absolute atomic E-state index is 13.9. The molecular weight excluding hydrogens is 522 g/mol. The molecule has 206 valence electrons. The van der Waals surface area contributed by atoms with Crippen molar-refractivity contribution in [2.75, 3.05) is 24.9 Å². The van der Waals surface area contributed by atoms with Gasteiger partial charge in [0.25, 0.3) is 5.91 Å². The van der Waals surface area contributed by atoms with Gasteiger partial charge in [0, 0.05) is 17.1 Å². The van der Waals surface area contributed by atoms with Crippen molar-refractivity contribution in [1.82, 2.24) is 14.8 Å². The number of hydrogen-bond acceptors (Lipinski definition) is 7. The largest absolute Gasteiger partial charge is 0.493 e. The van der Waals surface area contributed by atoms with Crippen LogP contribution in [0.4, 0.5) is 11.6 Å². The summed E-state index contributed by atoms with van der Waals surface area (Å²) in [4.78, 5) is 18.7. The van der Waals surface area contributed by atoms with Gasteiger partial charge < -0.3 is 20.1 Å². The van der Waals surface area contributed by atoms with E-state index in [1.807, 2.05) is 51.1 Å². The molecule has 1 aromatic heterocycles. The van der Waals surface area contributed by atoms with E-state index in [1.165, 1.54) is 11.1 Å². The van der Waals surface area contributed by atoms with Gasteiger partial charge in [-0.25, -0.2) is 4.68 Å². The van der Waals surface area contributed by atoms with Gasteiger partial charge in [-0.05, 0) is 62.6 Å². The van der Waals surface area contributed by atoms with E-state index < -0.39 is 6.04 Å². The third kappa shape index (κ3) is 5.56. The number of nitrogens with zero attached hydrogens (tertiary/aromatic N) is 3. The van der Waals surface area contributed by atoms with Gasteiger partial charge in [-0.2, -0.15) is 4.98 Å².